The molecule has 2 N–H and O–H groups in total. The Kier molecular flexibility index (Phi) is 6.04. The van der Waals surface area contributed by atoms with Gasteiger partial charge in [-0.05, 0) is 27.2 Å². The summed E-state index contributed by atoms with van der Waals surface area (Å²) in [7, 11) is 3.50. The number of carboxylic acids is 1. The van der Waals surface area contributed by atoms with Crippen molar-refractivity contribution in [3.8, 4) is 0 Å². The van der Waals surface area contributed by atoms with Crippen LogP contribution >= 0.6 is 11.8 Å². The number of aliphatic carboxylic acids is 1. The number of hydrogen-bond donors (Lipinski definition) is 2. The fraction of sp³-hybridized carbons (Fsp3) is 0.750. The third-order valence-electron chi connectivity index (χ3n) is 6.29. The first-order valence-corrected chi connectivity index (χ1v) is 11.0. The van der Waals surface area contributed by atoms with E-state index in [0.717, 1.165) is 0 Å². The summed E-state index contributed by atoms with van der Waals surface area (Å²) in [5.41, 5.74) is 0.0490. The van der Waals surface area contributed by atoms with Crippen LogP contribution in [0, 0.1) is 11.8 Å². The van der Waals surface area contributed by atoms with Gasteiger partial charge in [-0.2, -0.15) is 0 Å². The quantitative estimate of drug-likeness (QED) is 0.608. The lowest BCUT2D eigenvalue weighted by Crippen LogP contribution is -2.63. The van der Waals surface area contributed by atoms with Gasteiger partial charge in [-0.3, -0.25) is 14.5 Å². The summed E-state index contributed by atoms with van der Waals surface area (Å²) >= 11 is 1.49. The van der Waals surface area contributed by atoms with Gasteiger partial charge < -0.3 is 20.0 Å². The van der Waals surface area contributed by atoms with Crippen LogP contribution in [0.1, 0.15) is 34.1 Å². The van der Waals surface area contributed by atoms with Crippen molar-refractivity contribution < 1.29 is 24.6 Å². The second-order valence-electron chi connectivity index (χ2n) is 8.79. The van der Waals surface area contributed by atoms with E-state index in [0.29, 0.717) is 17.9 Å². The summed E-state index contributed by atoms with van der Waals surface area (Å²) in [6.45, 7) is 8.30. The van der Waals surface area contributed by atoms with Gasteiger partial charge in [0, 0.05) is 42.8 Å². The molecule has 3 rings (SSSR count). The van der Waals surface area contributed by atoms with Gasteiger partial charge in [0.2, 0.25) is 11.8 Å². The number of carbonyl (C=O) groups excluding carboxylic acids is 2. The third kappa shape index (κ3) is 3.57. The van der Waals surface area contributed by atoms with Crippen molar-refractivity contribution in [3.05, 3.63) is 10.6 Å². The molecule has 8 nitrogen and oxygen atoms in total. The minimum Gasteiger partial charge on any atom is -0.477 e. The van der Waals surface area contributed by atoms with Crippen LogP contribution in [0.2, 0.25) is 0 Å². The highest BCUT2D eigenvalue weighted by Crippen LogP contribution is 2.52. The van der Waals surface area contributed by atoms with Gasteiger partial charge in [-0.25, -0.2) is 4.79 Å². The third-order valence-corrected chi connectivity index (χ3v) is 7.79. The van der Waals surface area contributed by atoms with Gasteiger partial charge in [0.05, 0.1) is 24.1 Å². The summed E-state index contributed by atoms with van der Waals surface area (Å²) < 4.78 is 0. The Morgan fingerprint density at radius 2 is 1.86 bits per heavy atom. The van der Waals surface area contributed by atoms with Crippen molar-refractivity contribution in [2.24, 2.45) is 11.8 Å². The van der Waals surface area contributed by atoms with Crippen LogP contribution in [0.3, 0.4) is 0 Å². The molecule has 6 atom stereocenters. The average molecular weight is 426 g/mol. The Balaban J connectivity index is 1.85. The van der Waals surface area contributed by atoms with E-state index in [1.165, 1.54) is 16.7 Å². The zero-order valence-corrected chi connectivity index (χ0v) is 18.6. The maximum atomic E-state index is 12.6. The van der Waals surface area contributed by atoms with Crippen molar-refractivity contribution in [1.29, 1.82) is 0 Å². The maximum absolute atomic E-state index is 12.6. The molecule has 0 aromatic heterocycles. The van der Waals surface area contributed by atoms with Crippen molar-refractivity contribution in [1.82, 2.24) is 14.7 Å². The molecule has 0 aliphatic carbocycles. The zero-order valence-electron chi connectivity index (χ0n) is 17.8. The fourth-order valence-corrected chi connectivity index (χ4v) is 6.41. The Labute approximate surface area is 175 Å². The number of amides is 2. The molecule has 0 aromatic rings. The van der Waals surface area contributed by atoms with E-state index in [1.807, 2.05) is 6.92 Å². The monoisotopic (exact) mass is 425 g/mol. The summed E-state index contributed by atoms with van der Waals surface area (Å²) in [6.07, 6.45) is -0.169. The molecule has 0 saturated carbocycles. The fourth-order valence-electron chi connectivity index (χ4n) is 4.88. The van der Waals surface area contributed by atoms with Gasteiger partial charge in [-0.15, -0.1) is 11.8 Å². The van der Waals surface area contributed by atoms with Crippen molar-refractivity contribution in [2.75, 3.05) is 20.6 Å². The molecule has 29 heavy (non-hydrogen) atoms. The molecule has 3 heterocycles. The lowest BCUT2D eigenvalue weighted by molar-refractivity contribution is -0.163. The number of fused-ring (bicyclic) bond motifs is 1. The van der Waals surface area contributed by atoms with E-state index >= 15 is 0 Å². The highest BCUT2D eigenvalue weighted by atomic mass is 32.2. The van der Waals surface area contributed by atoms with Gasteiger partial charge >= 0.3 is 5.97 Å². The number of carboxylic acid groups (broad SMARTS) is 1. The van der Waals surface area contributed by atoms with Gasteiger partial charge in [-0.1, -0.05) is 6.92 Å². The van der Waals surface area contributed by atoms with E-state index in [2.05, 4.69) is 18.7 Å². The number of rotatable bonds is 6. The number of likely N-dealkylation sites (N-methyl/N-ethyl adjacent to an activating group) is 1. The molecule has 3 aliphatic rings. The minimum atomic E-state index is -1.11. The lowest BCUT2D eigenvalue weighted by Gasteiger charge is -2.46. The second kappa shape index (κ2) is 7.92. The van der Waals surface area contributed by atoms with Crippen LogP contribution < -0.4 is 0 Å². The van der Waals surface area contributed by atoms with Crippen molar-refractivity contribution in [2.45, 2.75) is 63.6 Å². The highest BCUT2D eigenvalue weighted by Gasteiger charge is 2.60. The SMILES string of the molecule is CC(C)N1C[C@@H](SC2=C(C(=O)O)N3C(=O)[C@H]([C@@H](C)O)[C@H]3[C@H]2C)C[C@H]1C(=O)N(C)C. The van der Waals surface area contributed by atoms with Crippen molar-refractivity contribution in [3.63, 3.8) is 0 Å². The van der Waals surface area contributed by atoms with Crippen LogP contribution in [-0.4, -0.2) is 92.8 Å². The molecule has 2 amide bonds. The van der Waals surface area contributed by atoms with E-state index in [-0.39, 0.29) is 46.8 Å². The summed E-state index contributed by atoms with van der Waals surface area (Å²) in [4.78, 5) is 42.9. The lowest BCUT2D eigenvalue weighted by atomic mass is 9.79. The smallest absolute Gasteiger partial charge is 0.353 e. The summed E-state index contributed by atoms with van der Waals surface area (Å²) in [5.74, 6) is -2.09. The van der Waals surface area contributed by atoms with Gasteiger partial charge in [0.1, 0.15) is 5.70 Å². The topological polar surface area (TPSA) is 101 Å². The zero-order chi connectivity index (χ0) is 21.8. The number of aliphatic hydroxyl groups is 1. The first-order valence-electron chi connectivity index (χ1n) is 10.1. The largest absolute Gasteiger partial charge is 0.477 e. The number of hydrogen-bond acceptors (Lipinski definition) is 6. The Hall–Kier alpha value is -1.58. The number of β-lactam (4-membered cyclic amide) rings is 1. The predicted molar refractivity (Wildman–Crippen MR) is 110 cm³/mol. The molecular weight excluding hydrogens is 394 g/mol. The molecular formula is C20H31N3O5S. The number of aliphatic hydroxyl groups excluding tert-OH is 1. The van der Waals surface area contributed by atoms with E-state index < -0.39 is 18.0 Å². The Morgan fingerprint density at radius 3 is 2.34 bits per heavy atom. The number of thioether (sulfide) groups is 1. The van der Waals surface area contributed by atoms with Crippen LogP contribution in [0.25, 0.3) is 0 Å². The normalized spacial score (nSPS) is 33.2. The number of likely N-dealkylation sites (tertiary alicyclic amines) is 1. The molecule has 0 unspecified atom stereocenters. The standard InChI is InChI=1S/C20H31N3O5S/c1-9(2)22-8-12(7-13(22)18(25)21(5)6)29-17-10(3)15-14(11(4)24)19(26)23(15)16(17)20(27)28/h9-15,24H,7-8H2,1-6H3,(H,27,28)/t10-,11-,12+,13+,14-,15-/m1/s1. The Morgan fingerprint density at radius 1 is 1.24 bits per heavy atom. The van der Waals surface area contributed by atoms with E-state index in [1.54, 1.807) is 25.9 Å². The molecule has 3 aliphatic heterocycles. The van der Waals surface area contributed by atoms with Crippen molar-refractivity contribution >= 4 is 29.5 Å². The van der Waals surface area contributed by atoms with Gasteiger partial charge in [0.25, 0.3) is 0 Å². The molecule has 0 spiro atoms. The van der Waals surface area contributed by atoms with E-state index in [9.17, 15) is 24.6 Å². The number of carbonyl (C=O) groups is 3. The molecule has 0 aromatic carbocycles. The van der Waals surface area contributed by atoms with Crippen LogP contribution in [0.15, 0.2) is 10.6 Å². The molecule has 0 radical (unpaired) electrons. The molecule has 2 saturated heterocycles. The van der Waals surface area contributed by atoms with Crippen LogP contribution in [-0.2, 0) is 14.4 Å². The Bertz CT molecular complexity index is 750. The highest BCUT2D eigenvalue weighted by molar-refractivity contribution is 8.03. The molecule has 0 bridgehead atoms. The average Bonchev–Trinajstić information content (AvgIpc) is 3.13. The molecule has 2 fully saturated rings. The molecule has 9 heteroatoms. The predicted octanol–water partition coefficient (Wildman–Crippen LogP) is 0.813. The minimum absolute atomic E-state index is 0.0490. The molecule has 162 valence electrons. The maximum Gasteiger partial charge on any atom is 0.353 e. The van der Waals surface area contributed by atoms with Crippen LogP contribution in [0.4, 0.5) is 0 Å². The first-order chi connectivity index (χ1) is 13.5. The summed E-state index contributed by atoms with van der Waals surface area (Å²) in [6, 6.07) is -0.334. The first kappa shape index (κ1) is 22.1. The summed E-state index contributed by atoms with van der Waals surface area (Å²) in [5, 5.41) is 19.8. The second-order valence-corrected chi connectivity index (χ2v) is 10.1. The van der Waals surface area contributed by atoms with E-state index in [4.69, 9.17) is 0 Å². The van der Waals surface area contributed by atoms with Gasteiger partial charge in [0.15, 0.2) is 0 Å². The number of nitrogens with zero attached hydrogens (tertiary/aromatic N) is 3. The van der Waals surface area contributed by atoms with Crippen LogP contribution in [0.5, 0.6) is 0 Å².